The number of hydrogen-bond acceptors (Lipinski definition) is 2. The lowest BCUT2D eigenvalue weighted by Crippen LogP contribution is -2.23. The summed E-state index contributed by atoms with van der Waals surface area (Å²) in [4.78, 5) is 23.9. The van der Waals surface area contributed by atoms with Gasteiger partial charge in [0.25, 0.3) is 11.5 Å². The molecule has 0 aliphatic rings. The fraction of sp³-hybridized carbons (Fsp3) is 0.231. The highest BCUT2D eigenvalue weighted by atomic mass is 16.2. The van der Waals surface area contributed by atoms with E-state index in [2.05, 4.69) is 10.4 Å². The topological polar surface area (TPSA) is 66.9 Å². The average molecular weight is 245 g/mol. The number of rotatable bonds is 2. The predicted molar refractivity (Wildman–Crippen MR) is 69.9 cm³/mol. The highest BCUT2D eigenvalue weighted by Gasteiger charge is 2.17. The summed E-state index contributed by atoms with van der Waals surface area (Å²) in [5, 5.41) is 5.55. The first-order valence-electron chi connectivity index (χ1n) is 5.63. The summed E-state index contributed by atoms with van der Waals surface area (Å²) in [6.07, 6.45) is 0. The van der Waals surface area contributed by atoms with E-state index in [4.69, 9.17) is 0 Å². The molecule has 5 heteroatoms. The van der Waals surface area contributed by atoms with E-state index in [1.54, 1.807) is 20.0 Å². The summed E-state index contributed by atoms with van der Waals surface area (Å²) in [6.45, 7) is 3.60. The summed E-state index contributed by atoms with van der Waals surface area (Å²) < 4.78 is 1.29. The lowest BCUT2D eigenvalue weighted by atomic mass is 10.2. The predicted octanol–water partition coefficient (Wildman–Crippen LogP) is 1.58. The van der Waals surface area contributed by atoms with Crippen LogP contribution in [0.1, 0.15) is 21.6 Å². The molecule has 0 saturated carbocycles. The van der Waals surface area contributed by atoms with Crippen LogP contribution in [-0.4, -0.2) is 15.7 Å². The molecule has 5 nitrogen and oxygen atoms in total. The summed E-state index contributed by atoms with van der Waals surface area (Å²) >= 11 is 0. The minimum absolute atomic E-state index is 0.153. The number of hydrogen-bond donors (Lipinski definition) is 2. The molecule has 2 N–H and O–H groups in total. The van der Waals surface area contributed by atoms with Gasteiger partial charge in [0.2, 0.25) is 0 Å². The number of carbonyl (C=O) groups is 1. The van der Waals surface area contributed by atoms with E-state index in [0.717, 1.165) is 5.56 Å². The van der Waals surface area contributed by atoms with Gasteiger partial charge in [0, 0.05) is 18.4 Å². The average Bonchev–Trinajstić information content (AvgIpc) is 2.56. The maximum Gasteiger partial charge on any atom is 0.279 e. The summed E-state index contributed by atoms with van der Waals surface area (Å²) in [5.74, 6) is -0.386. The van der Waals surface area contributed by atoms with Crippen LogP contribution in [0.25, 0.3) is 0 Å². The fourth-order valence-electron chi connectivity index (χ4n) is 1.85. The van der Waals surface area contributed by atoms with Crippen LogP contribution in [0.5, 0.6) is 0 Å². The van der Waals surface area contributed by atoms with Crippen molar-refractivity contribution in [3.8, 4) is 0 Å². The maximum absolute atomic E-state index is 12.1. The second kappa shape index (κ2) is 4.52. The number of aromatic amines is 1. The largest absolute Gasteiger partial charge is 0.322 e. The van der Waals surface area contributed by atoms with E-state index in [9.17, 15) is 9.59 Å². The van der Waals surface area contributed by atoms with Gasteiger partial charge in [0.15, 0.2) is 0 Å². The van der Waals surface area contributed by atoms with E-state index in [1.807, 2.05) is 25.1 Å². The molecule has 0 radical (unpaired) electrons. The maximum atomic E-state index is 12.1. The van der Waals surface area contributed by atoms with E-state index >= 15 is 0 Å². The molecule has 0 spiro atoms. The normalized spacial score (nSPS) is 10.4. The zero-order valence-electron chi connectivity index (χ0n) is 10.6. The minimum Gasteiger partial charge on any atom is -0.322 e. The van der Waals surface area contributed by atoms with Crippen LogP contribution in [0.3, 0.4) is 0 Å². The summed E-state index contributed by atoms with van der Waals surface area (Å²) in [6, 6.07) is 7.44. The van der Waals surface area contributed by atoms with Crippen molar-refractivity contribution in [3.63, 3.8) is 0 Å². The van der Waals surface area contributed by atoms with E-state index in [1.165, 1.54) is 4.68 Å². The molecule has 0 bridgehead atoms. The number of amides is 1. The molecule has 1 heterocycles. The van der Waals surface area contributed by atoms with Crippen LogP contribution in [0.2, 0.25) is 0 Å². The van der Waals surface area contributed by atoms with Gasteiger partial charge in [-0.2, -0.15) is 0 Å². The van der Waals surface area contributed by atoms with Gasteiger partial charge >= 0.3 is 0 Å². The van der Waals surface area contributed by atoms with Gasteiger partial charge in [-0.3, -0.25) is 19.4 Å². The molecule has 1 aromatic carbocycles. The molecule has 1 aromatic heterocycles. The third kappa shape index (κ3) is 2.07. The second-order valence-electron chi connectivity index (χ2n) is 4.25. The molecule has 18 heavy (non-hydrogen) atoms. The Morgan fingerprint density at radius 1 is 1.28 bits per heavy atom. The molecule has 0 atom stereocenters. The number of benzene rings is 1. The Labute approximate surface area is 104 Å². The van der Waals surface area contributed by atoms with Crippen molar-refractivity contribution in [3.05, 3.63) is 51.4 Å². The Hall–Kier alpha value is -2.30. The van der Waals surface area contributed by atoms with Crippen LogP contribution in [-0.2, 0) is 7.05 Å². The third-order valence-corrected chi connectivity index (χ3v) is 2.85. The monoisotopic (exact) mass is 245 g/mol. The Morgan fingerprint density at radius 2 is 1.94 bits per heavy atom. The molecule has 0 fully saturated rings. The molecular weight excluding hydrogens is 230 g/mol. The highest BCUT2D eigenvalue weighted by molar-refractivity contribution is 6.05. The van der Waals surface area contributed by atoms with Crippen LogP contribution in [0.4, 0.5) is 5.69 Å². The number of nitrogens with one attached hydrogen (secondary N) is 2. The van der Waals surface area contributed by atoms with Gasteiger partial charge in [0.1, 0.15) is 5.56 Å². The van der Waals surface area contributed by atoms with E-state index < -0.39 is 0 Å². The van der Waals surface area contributed by atoms with Gasteiger partial charge in [-0.05, 0) is 25.5 Å². The molecule has 0 unspecified atom stereocenters. The van der Waals surface area contributed by atoms with Crippen LogP contribution >= 0.6 is 0 Å². The van der Waals surface area contributed by atoms with Crippen molar-refractivity contribution >= 4 is 11.6 Å². The zero-order valence-corrected chi connectivity index (χ0v) is 10.6. The van der Waals surface area contributed by atoms with Crippen LogP contribution < -0.4 is 10.9 Å². The number of nitrogens with zero attached hydrogens (tertiary/aromatic N) is 1. The lowest BCUT2D eigenvalue weighted by Gasteiger charge is -2.06. The third-order valence-electron chi connectivity index (χ3n) is 2.85. The molecule has 94 valence electrons. The van der Waals surface area contributed by atoms with Gasteiger partial charge < -0.3 is 5.32 Å². The van der Waals surface area contributed by atoms with Gasteiger partial charge in [-0.1, -0.05) is 18.2 Å². The fourth-order valence-corrected chi connectivity index (χ4v) is 1.85. The molecule has 1 amide bonds. The van der Waals surface area contributed by atoms with Crippen molar-refractivity contribution in [2.75, 3.05) is 5.32 Å². The second-order valence-corrected chi connectivity index (χ2v) is 4.25. The summed E-state index contributed by atoms with van der Waals surface area (Å²) in [7, 11) is 1.58. The number of H-pyrrole nitrogens is 1. The van der Waals surface area contributed by atoms with E-state index in [0.29, 0.717) is 11.4 Å². The Bertz CT molecular complexity index is 652. The first kappa shape index (κ1) is 12.2. The van der Waals surface area contributed by atoms with Crippen LogP contribution in [0, 0.1) is 13.8 Å². The van der Waals surface area contributed by atoms with Crippen molar-refractivity contribution < 1.29 is 4.79 Å². The number of carbonyl (C=O) groups excluding carboxylic acids is 1. The number of aromatic nitrogens is 2. The standard InChI is InChI=1S/C13H15N3O2/c1-8-6-4-5-7-10(8)14-12(17)11-9(2)15-16(3)13(11)18/h4-7,15H,1-3H3,(H,14,17). The Kier molecular flexibility index (Phi) is 3.06. The van der Waals surface area contributed by atoms with Gasteiger partial charge in [0.05, 0.1) is 0 Å². The molecule has 2 rings (SSSR count). The molecule has 0 saturated heterocycles. The van der Waals surface area contributed by atoms with Crippen LogP contribution in [0.15, 0.2) is 29.1 Å². The highest BCUT2D eigenvalue weighted by Crippen LogP contribution is 2.14. The quantitative estimate of drug-likeness (QED) is 0.843. The molecule has 2 aromatic rings. The van der Waals surface area contributed by atoms with Crippen molar-refractivity contribution in [1.29, 1.82) is 0 Å². The molecule has 0 aliphatic carbocycles. The Morgan fingerprint density at radius 3 is 2.50 bits per heavy atom. The first-order chi connectivity index (χ1) is 8.50. The minimum atomic E-state index is -0.386. The Balaban J connectivity index is 2.34. The van der Waals surface area contributed by atoms with Gasteiger partial charge in [-0.25, -0.2) is 0 Å². The van der Waals surface area contributed by atoms with Crippen molar-refractivity contribution in [1.82, 2.24) is 9.78 Å². The molecule has 0 aliphatic heterocycles. The SMILES string of the molecule is Cc1ccccc1NC(=O)c1c(C)[nH]n(C)c1=O. The van der Waals surface area contributed by atoms with Crippen molar-refractivity contribution in [2.45, 2.75) is 13.8 Å². The number of anilines is 1. The van der Waals surface area contributed by atoms with Gasteiger partial charge in [-0.15, -0.1) is 0 Å². The van der Waals surface area contributed by atoms with E-state index in [-0.39, 0.29) is 17.0 Å². The number of aryl methyl sites for hydroxylation is 3. The smallest absolute Gasteiger partial charge is 0.279 e. The number of para-hydroxylation sites is 1. The lowest BCUT2D eigenvalue weighted by molar-refractivity contribution is 0.102. The zero-order chi connectivity index (χ0) is 13.3. The van der Waals surface area contributed by atoms with Crippen molar-refractivity contribution in [2.24, 2.45) is 7.05 Å². The molecular formula is C13H15N3O2. The summed E-state index contributed by atoms with van der Waals surface area (Å²) in [5.41, 5.74) is 2.06. The first-order valence-corrected chi connectivity index (χ1v) is 5.63.